The highest BCUT2D eigenvalue weighted by atomic mass is 32.2. The number of carbonyl (C=O) groups excluding carboxylic acids is 1. The molecule has 0 unspecified atom stereocenters. The number of benzene rings is 3. The zero-order valence-electron chi connectivity index (χ0n) is 19.5. The number of aryl methyl sites for hydroxylation is 2. The summed E-state index contributed by atoms with van der Waals surface area (Å²) in [5.41, 5.74) is 2.86. The van der Waals surface area contributed by atoms with Gasteiger partial charge in [0.15, 0.2) is 9.84 Å². The fourth-order valence-corrected chi connectivity index (χ4v) is 5.69. The van der Waals surface area contributed by atoms with E-state index in [1.807, 2.05) is 19.9 Å². The van der Waals surface area contributed by atoms with Gasteiger partial charge in [-0.05, 0) is 73.9 Å². The Hall–Kier alpha value is -3.17. The van der Waals surface area contributed by atoms with Gasteiger partial charge in [0.2, 0.25) is 5.91 Å². The van der Waals surface area contributed by atoms with Gasteiger partial charge >= 0.3 is 0 Å². The molecule has 0 saturated carbocycles. The molecule has 0 saturated heterocycles. The van der Waals surface area contributed by atoms with Crippen LogP contribution in [0, 0.1) is 13.8 Å². The Morgan fingerprint density at radius 3 is 1.94 bits per heavy atom. The standard InChI is InChI=1S/C25H28N2O5S2/c1-18-14-19(2)16-22(15-18)27(34(31,32)24-8-6-5-7-9-24)17-25(28)26-20(3)21-10-12-23(13-11-21)33(4,29)30/h5-16,20H,17H2,1-4H3,(H,26,28)/t20-/m0/s1. The summed E-state index contributed by atoms with van der Waals surface area (Å²) in [6, 6.07) is 19.1. The van der Waals surface area contributed by atoms with Crippen LogP contribution in [-0.4, -0.2) is 35.5 Å². The molecular weight excluding hydrogens is 472 g/mol. The number of hydrogen-bond donors (Lipinski definition) is 1. The number of carbonyl (C=O) groups is 1. The molecule has 9 heteroatoms. The molecule has 0 bridgehead atoms. The number of anilines is 1. The van der Waals surface area contributed by atoms with E-state index in [0.717, 1.165) is 21.7 Å². The maximum atomic E-state index is 13.5. The first-order valence-corrected chi connectivity index (χ1v) is 14.0. The summed E-state index contributed by atoms with van der Waals surface area (Å²) in [5, 5.41) is 2.81. The van der Waals surface area contributed by atoms with E-state index in [-0.39, 0.29) is 9.79 Å². The maximum Gasteiger partial charge on any atom is 0.264 e. The molecular formula is C25H28N2O5S2. The summed E-state index contributed by atoms with van der Waals surface area (Å²) >= 11 is 0. The molecule has 0 aromatic heterocycles. The second-order valence-electron chi connectivity index (χ2n) is 8.30. The van der Waals surface area contributed by atoms with Crippen LogP contribution in [-0.2, 0) is 24.7 Å². The molecule has 1 atom stereocenters. The average Bonchev–Trinajstić information content (AvgIpc) is 2.76. The highest BCUT2D eigenvalue weighted by molar-refractivity contribution is 7.93. The number of sulfonamides is 1. The van der Waals surface area contributed by atoms with E-state index in [4.69, 9.17) is 0 Å². The summed E-state index contributed by atoms with van der Waals surface area (Å²) in [4.78, 5) is 13.2. The Morgan fingerprint density at radius 2 is 1.41 bits per heavy atom. The van der Waals surface area contributed by atoms with Crippen molar-refractivity contribution in [3.63, 3.8) is 0 Å². The van der Waals surface area contributed by atoms with Gasteiger partial charge in [0.1, 0.15) is 6.54 Å². The highest BCUT2D eigenvalue weighted by Gasteiger charge is 2.28. The summed E-state index contributed by atoms with van der Waals surface area (Å²) < 4.78 is 51.4. The normalized spacial score (nSPS) is 12.7. The Morgan fingerprint density at radius 1 is 0.853 bits per heavy atom. The van der Waals surface area contributed by atoms with Crippen LogP contribution in [0.3, 0.4) is 0 Å². The van der Waals surface area contributed by atoms with E-state index in [0.29, 0.717) is 11.3 Å². The summed E-state index contributed by atoms with van der Waals surface area (Å²) in [6.45, 7) is 5.07. The van der Waals surface area contributed by atoms with Crippen LogP contribution < -0.4 is 9.62 Å². The second-order valence-corrected chi connectivity index (χ2v) is 12.2. The fraction of sp³-hybridized carbons (Fsp3) is 0.240. The Balaban J connectivity index is 1.88. The lowest BCUT2D eigenvalue weighted by Gasteiger charge is -2.26. The van der Waals surface area contributed by atoms with Crippen LogP contribution in [0.5, 0.6) is 0 Å². The summed E-state index contributed by atoms with van der Waals surface area (Å²) in [7, 11) is -7.32. The minimum absolute atomic E-state index is 0.0892. The first-order valence-electron chi connectivity index (χ1n) is 10.6. The number of amides is 1. The van der Waals surface area contributed by atoms with Gasteiger partial charge in [0, 0.05) is 6.26 Å². The smallest absolute Gasteiger partial charge is 0.264 e. The molecule has 7 nitrogen and oxygen atoms in total. The number of nitrogens with one attached hydrogen (secondary N) is 1. The zero-order valence-corrected chi connectivity index (χ0v) is 21.2. The molecule has 0 aliphatic heterocycles. The minimum Gasteiger partial charge on any atom is -0.348 e. The number of nitrogens with zero attached hydrogens (tertiary/aromatic N) is 1. The zero-order chi connectivity index (χ0) is 25.1. The van der Waals surface area contributed by atoms with Crippen LogP contribution in [0.2, 0.25) is 0 Å². The number of hydrogen-bond acceptors (Lipinski definition) is 5. The van der Waals surface area contributed by atoms with Crippen molar-refractivity contribution in [2.45, 2.75) is 36.6 Å². The van der Waals surface area contributed by atoms with Crippen LogP contribution in [0.1, 0.15) is 29.7 Å². The molecule has 180 valence electrons. The first kappa shape index (κ1) is 25.5. The van der Waals surface area contributed by atoms with Crippen molar-refractivity contribution in [3.05, 3.63) is 89.5 Å². The van der Waals surface area contributed by atoms with Gasteiger partial charge in [0.25, 0.3) is 10.0 Å². The number of rotatable bonds is 8. The molecule has 1 N–H and O–H groups in total. The molecule has 3 aromatic carbocycles. The van der Waals surface area contributed by atoms with Crippen LogP contribution in [0.4, 0.5) is 5.69 Å². The molecule has 0 radical (unpaired) electrons. The molecule has 0 spiro atoms. The molecule has 0 aliphatic rings. The second kappa shape index (κ2) is 9.99. The van der Waals surface area contributed by atoms with Gasteiger partial charge < -0.3 is 5.32 Å². The van der Waals surface area contributed by atoms with Crippen molar-refractivity contribution in [3.8, 4) is 0 Å². The van der Waals surface area contributed by atoms with E-state index >= 15 is 0 Å². The molecule has 0 heterocycles. The van der Waals surface area contributed by atoms with Crippen molar-refractivity contribution < 1.29 is 21.6 Å². The largest absolute Gasteiger partial charge is 0.348 e. The van der Waals surface area contributed by atoms with E-state index < -0.39 is 38.4 Å². The average molecular weight is 501 g/mol. The predicted octanol–water partition coefficient (Wildman–Crippen LogP) is 3.78. The lowest BCUT2D eigenvalue weighted by Crippen LogP contribution is -2.41. The topological polar surface area (TPSA) is 101 Å². The SMILES string of the molecule is Cc1cc(C)cc(N(CC(=O)N[C@@H](C)c2ccc(S(C)(=O)=O)cc2)S(=O)(=O)c2ccccc2)c1. The van der Waals surface area contributed by atoms with E-state index in [1.165, 1.54) is 24.3 Å². The van der Waals surface area contributed by atoms with Gasteiger partial charge in [-0.15, -0.1) is 0 Å². The molecule has 34 heavy (non-hydrogen) atoms. The monoisotopic (exact) mass is 500 g/mol. The van der Waals surface area contributed by atoms with Crippen molar-refractivity contribution in [1.29, 1.82) is 0 Å². The predicted molar refractivity (Wildman–Crippen MR) is 133 cm³/mol. The first-order chi connectivity index (χ1) is 15.9. The molecule has 0 fully saturated rings. The van der Waals surface area contributed by atoms with Crippen molar-refractivity contribution in [2.75, 3.05) is 17.1 Å². The van der Waals surface area contributed by atoms with Crippen molar-refractivity contribution in [1.82, 2.24) is 5.32 Å². The van der Waals surface area contributed by atoms with Crippen LogP contribution >= 0.6 is 0 Å². The molecule has 1 amide bonds. The van der Waals surface area contributed by atoms with Gasteiger partial charge in [-0.1, -0.05) is 36.4 Å². The van der Waals surface area contributed by atoms with Crippen molar-refractivity contribution in [2.24, 2.45) is 0 Å². The van der Waals surface area contributed by atoms with Gasteiger partial charge in [0.05, 0.1) is 21.5 Å². The van der Waals surface area contributed by atoms with E-state index in [2.05, 4.69) is 5.32 Å². The van der Waals surface area contributed by atoms with Gasteiger partial charge in [-0.25, -0.2) is 16.8 Å². The van der Waals surface area contributed by atoms with Gasteiger partial charge in [-0.2, -0.15) is 0 Å². The lowest BCUT2D eigenvalue weighted by molar-refractivity contribution is -0.120. The maximum absolute atomic E-state index is 13.5. The van der Waals surface area contributed by atoms with Crippen LogP contribution in [0.15, 0.2) is 82.6 Å². The minimum atomic E-state index is -4.00. The Kier molecular flexibility index (Phi) is 7.48. The number of sulfone groups is 1. The third kappa shape index (κ3) is 6.03. The molecule has 3 aromatic rings. The Labute approximate surface area is 201 Å². The third-order valence-corrected chi connectivity index (χ3v) is 8.22. The highest BCUT2D eigenvalue weighted by Crippen LogP contribution is 2.26. The molecule has 3 rings (SSSR count). The lowest BCUT2D eigenvalue weighted by atomic mass is 10.1. The van der Waals surface area contributed by atoms with E-state index in [9.17, 15) is 21.6 Å². The summed E-state index contributed by atoms with van der Waals surface area (Å²) in [5.74, 6) is -0.488. The van der Waals surface area contributed by atoms with Gasteiger partial charge in [-0.3, -0.25) is 9.10 Å². The van der Waals surface area contributed by atoms with Crippen LogP contribution in [0.25, 0.3) is 0 Å². The summed E-state index contributed by atoms with van der Waals surface area (Å²) in [6.07, 6.45) is 1.13. The third-order valence-electron chi connectivity index (χ3n) is 5.30. The van der Waals surface area contributed by atoms with Crippen molar-refractivity contribution >= 4 is 31.5 Å². The Bertz CT molecular complexity index is 1360. The fourth-order valence-electron chi connectivity index (χ4n) is 3.63. The van der Waals surface area contributed by atoms with E-state index in [1.54, 1.807) is 49.4 Å². The molecule has 0 aliphatic carbocycles. The quantitative estimate of drug-likeness (QED) is 0.507.